The van der Waals surface area contributed by atoms with E-state index in [-0.39, 0.29) is 16.2 Å². The third-order valence-electron chi connectivity index (χ3n) is 7.53. The second-order valence-electron chi connectivity index (χ2n) is 9.83. The van der Waals surface area contributed by atoms with Crippen LogP contribution in [0.1, 0.15) is 40.0 Å². The molecule has 3 aliphatic heterocycles. The van der Waals surface area contributed by atoms with Crippen LogP contribution in [0.2, 0.25) is 0 Å². The number of hydrogen-bond acceptors (Lipinski definition) is 6. The van der Waals surface area contributed by atoms with Crippen molar-refractivity contribution in [3.05, 3.63) is 30.3 Å². The van der Waals surface area contributed by atoms with Crippen LogP contribution < -0.4 is 5.19 Å². The first-order valence-corrected chi connectivity index (χ1v) is 13.5. The van der Waals surface area contributed by atoms with Crippen LogP contribution in [-0.2, 0) is 27.5 Å². The van der Waals surface area contributed by atoms with E-state index in [0.29, 0.717) is 19.8 Å². The molecule has 3 fully saturated rings. The van der Waals surface area contributed by atoms with E-state index in [0.717, 1.165) is 64.1 Å². The lowest BCUT2D eigenvalue weighted by molar-refractivity contribution is -0.166. The first-order valence-electron chi connectivity index (χ1n) is 11.7. The normalized spacial score (nSPS) is 23.5. The van der Waals surface area contributed by atoms with Crippen LogP contribution in [0.3, 0.4) is 0 Å². The quantitative estimate of drug-likeness (QED) is 0.430. The number of hydrogen-bond donors (Lipinski definition) is 0. The third-order valence-corrected chi connectivity index (χ3v) is 10.1. The van der Waals surface area contributed by atoms with Crippen LogP contribution in [-0.4, -0.2) is 68.3 Å². The molecular formula is C24H38O6Si. The van der Waals surface area contributed by atoms with Crippen molar-refractivity contribution in [2.45, 2.75) is 40.0 Å². The summed E-state index contributed by atoms with van der Waals surface area (Å²) in [6, 6.07) is 10.3. The van der Waals surface area contributed by atoms with E-state index in [2.05, 4.69) is 32.9 Å². The molecule has 174 valence electrons. The van der Waals surface area contributed by atoms with Crippen molar-refractivity contribution in [2.24, 2.45) is 16.2 Å². The van der Waals surface area contributed by atoms with Gasteiger partial charge in [-0.1, -0.05) is 51.1 Å². The minimum atomic E-state index is -3.16. The van der Waals surface area contributed by atoms with Crippen molar-refractivity contribution < 1.29 is 27.5 Å². The summed E-state index contributed by atoms with van der Waals surface area (Å²) < 4.78 is 36.9. The molecular weight excluding hydrogens is 412 g/mol. The zero-order chi connectivity index (χ0) is 21.8. The lowest BCUT2D eigenvalue weighted by atomic mass is 9.84. The Balaban J connectivity index is 1.59. The van der Waals surface area contributed by atoms with Gasteiger partial charge < -0.3 is 27.5 Å². The van der Waals surface area contributed by atoms with Crippen LogP contribution in [0.5, 0.6) is 0 Å². The van der Waals surface area contributed by atoms with E-state index >= 15 is 0 Å². The first kappa shape index (κ1) is 23.4. The van der Waals surface area contributed by atoms with E-state index in [1.54, 1.807) is 0 Å². The van der Waals surface area contributed by atoms with E-state index in [4.69, 9.17) is 27.5 Å². The fraction of sp³-hybridized carbons (Fsp3) is 0.750. The van der Waals surface area contributed by atoms with Gasteiger partial charge in [-0.25, -0.2) is 0 Å². The molecule has 0 N–H and O–H groups in total. The van der Waals surface area contributed by atoms with Crippen LogP contribution >= 0.6 is 0 Å². The second-order valence-corrected chi connectivity index (χ2v) is 12.4. The van der Waals surface area contributed by atoms with E-state index in [1.807, 2.05) is 18.2 Å². The highest BCUT2D eigenvalue weighted by atomic mass is 28.4. The van der Waals surface area contributed by atoms with Gasteiger partial charge in [0.15, 0.2) is 0 Å². The molecule has 0 spiro atoms. The highest BCUT2D eigenvalue weighted by Gasteiger charge is 2.52. The molecule has 0 radical (unpaired) electrons. The van der Waals surface area contributed by atoms with Crippen molar-refractivity contribution in [1.29, 1.82) is 0 Å². The fourth-order valence-corrected chi connectivity index (χ4v) is 6.94. The summed E-state index contributed by atoms with van der Waals surface area (Å²) >= 11 is 0. The molecule has 1 aromatic carbocycles. The highest BCUT2D eigenvalue weighted by Crippen LogP contribution is 2.37. The summed E-state index contributed by atoms with van der Waals surface area (Å²) in [6.07, 6.45) is 3.06. The van der Waals surface area contributed by atoms with Gasteiger partial charge in [0.25, 0.3) is 0 Å². The zero-order valence-corrected chi connectivity index (χ0v) is 20.3. The van der Waals surface area contributed by atoms with Gasteiger partial charge in [0.05, 0.1) is 39.6 Å². The Morgan fingerprint density at radius 1 is 0.645 bits per heavy atom. The van der Waals surface area contributed by atoms with E-state index in [9.17, 15) is 0 Å². The van der Waals surface area contributed by atoms with Gasteiger partial charge in [-0.2, -0.15) is 0 Å². The van der Waals surface area contributed by atoms with Gasteiger partial charge in [0.2, 0.25) is 0 Å². The summed E-state index contributed by atoms with van der Waals surface area (Å²) in [5.74, 6) is 0. The Bertz CT molecular complexity index is 618. The Hall–Kier alpha value is -0.803. The third kappa shape index (κ3) is 4.78. The largest absolute Gasteiger partial charge is 0.537 e. The maximum Gasteiger partial charge on any atom is 0.537 e. The SMILES string of the molecule is CCC1(CO[Si](OCC2(CC)COC2)(OCC2(CC)COC2)c2ccccc2)COC1. The minimum absolute atomic E-state index is 0.0593. The maximum atomic E-state index is 6.76. The topological polar surface area (TPSA) is 55.4 Å². The van der Waals surface area contributed by atoms with Crippen LogP contribution in [0, 0.1) is 16.2 Å². The molecule has 31 heavy (non-hydrogen) atoms. The second kappa shape index (κ2) is 9.59. The van der Waals surface area contributed by atoms with Crippen LogP contribution in [0.4, 0.5) is 0 Å². The highest BCUT2D eigenvalue weighted by molar-refractivity contribution is 6.75. The van der Waals surface area contributed by atoms with Crippen LogP contribution in [0.25, 0.3) is 0 Å². The Morgan fingerprint density at radius 3 is 1.26 bits per heavy atom. The smallest absolute Gasteiger partial charge is 0.380 e. The molecule has 6 nitrogen and oxygen atoms in total. The van der Waals surface area contributed by atoms with Gasteiger partial charge in [-0.3, -0.25) is 0 Å². The minimum Gasteiger partial charge on any atom is -0.380 e. The molecule has 0 bridgehead atoms. The predicted molar refractivity (Wildman–Crippen MR) is 120 cm³/mol. The predicted octanol–water partition coefficient (Wildman–Crippen LogP) is 3.16. The van der Waals surface area contributed by atoms with Crippen molar-refractivity contribution in [2.75, 3.05) is 59.5 Å². The maximum absolute atomic E-state index is 6.76. The molecule has 0 saturated carbocycles. The summed E-state index contributed by atoms with van der Waals surface area (Å²) in [4.78, 5) is 0. The summed E-state index contributed by atoms with van der Waals surface area (Å²) in [6.45, 7) is 12.8. The summed E-state index contributed by atoms with van der Waals surface area (Å²) in [5, 5.41) is 1.03. The molecule has 4 rings (SSSR count). The van der Waals surface area contributed by atoms with E-state index < -0.39 is 8.80 Å². The molecule has 0 aliphatic carbocycles. The molecule has 3 saturated heterocycles. The van der Waals surface area contributed by atoms with Crippen molar-refractivity contribution >= 4 is 14.0 Å². The molecule has 0 atom stereocenters. The molecule has 0 aromatic heterocycles. The van der Waals surface area contributed by atoms with Crippen molar-refractivity contribution in [1.82, 2.24) is 0 Å². The van der Waals surface area contributed by atoms with E-state index in [1.165, 1.54) is 0 Å². The van der Waals surface area contributed by atoms with Gasteiger partial charge in [0, 0.05) is 41.3 Å². The monoisotopic (exact) mass is 450 g/mol. The fourth-order valence-electron chi connectivity index (χ4n) is 4.10. The molecule has 0 unspecified atom stereocenters. The number of ether oxygens (including phenoxy) is 3. The molecule has 7 heteroatoms. The molecule has 3 heterocycles. The lowest BCUT2D eigenvalue weighted by Gasteiger charge is -2.46. The standard InChI is InChI=1S/C24H38O6Si/c1-4-22(12-25-13-22)18-28-31(21-10-8-7-9-11-21,29-19-23(5-2)14-26-15-23)30-20-24(6-3)16-27-17-24/h7-11H,4-6,12-20H2,1-3H3. The molecule has 0 amide bonds. The summed E-state index contributed by atoms with van der Waals surface area (Å²) in [5.41, 5.74) is 0.178. The first-order chi connectivity index (χ1) is 15.0. The number of benzene rings is 1. The number of rotatable bonds is 13. The Morgan fingerprint density at radius 2 is 1.00 bits per heavy atom. The molecule has 1 aromatic rings. The zero-order valence-electron chi connectivity index (χ0n) is 19.3. The average Bonchev–Trinajstić information content (AvgIpc) is 2.72. The van der Waals surface area contributed by atoms with Gasteiger partial charge >= 0.3 is 8.80 Å². The summed E-state index contributed by atoms with van der Waals surface area (Å²) in [7, 11) is -3.16. The van der Waals surface area contributed by atoms with Crippen LogP contribution in [0.15, 0.2) is 30.3 Å². The lowest BCUT2D eigenvalue weighted by Crippen LogP contribution is -2.63. The average molecular weight is 451 g/mol. The molecule has 3 aliphatic rings. The Kier molecular flexibility index (Phi) is 7.23. The Labute approximate surface area is 187 Å². The van der Waals surface area contributed by atoms with Gasteiger partial charge in [-0.05, 0) is 19.3 Å². The van der Waals surface area contributed by atoms with Gasteiger partial charge in [-0.15, -0.1) is 0 Å². The van der Waals surface area contributed by atoms with Crippen molar-refractivity contribution in [3.63, 3.8) is 0 Å². The van der Waals surface area contributed by atoms with Crippen molar-refractivity contribution in [3.8, 4) is 0 Å². The van der Waals surface area contributed by atoms with Gasteiger partial charge in [0.1, 0.15) is 0 Å².